The fourth-order valence-corrected chi connectivity index (χ4v) is 6.21. The first-order valence-electron chi connectivity index (χ1n) is 14.2. The normalized spacial score (nSPS) is 17.5. The van der Waals surface area contributed by atoms with Gasteiger partial charge in [0.05, 0.1) is 23.2 Å². The van der Waals surface area contributed by atoms with Gasteiger partial charge in [-0.2, -0.15) is 18.3 Å². The van der Waals surface area contributed by atoms with Crippen LogP contribution in [0.1, 0.15) is 39.4 Å². The Morgan fingerprint density at radius 3 is 2.64 bits per heavy atom. The van der Waals surface area contributed by atoms with Crippen LogP contribution in [0.15, 0.2) is 65.2 Å². The molecule has 1 atom stereocenters. The lowest BCUT2D eigenvalue weighted by Gasteiger charge is -2.28. The first-order chi connectivity index (χ1) is 21.1. The van der Waals surface area contributed by atoms with E-state index in [0.29, 0.717) is 41.7 Å². The van der Waals surface area contributed by atoms with Gasteiger partial charge in [-0.05, 0) is 66.8 Å². The number of likely N-dealkylation sites (tertiary alicyclic amines) is 1. The van der Waals surface area contributed by atoms with Gasteiger partial charge in [0.15, 0.2) is 11.3 Å². The second-order valence-corrected chi connectivity index (χ2v) is 11.2. The molecule has 1 fully saturated rings. The SMILES string of the molecule is Cc1noc2ccc(-n3nc(C(F)(F)F)c4c3C(=O)N(c3ccc(-c5ccccc5CN5CCC(O)C5)cc3F)CC4)cc12. The van der Waals surface area contributed by atoms with Crippen LogP contribution in [-0.4, -0.2) is 56.6 Å². The number of aryl methyl sites for hydroxylation is 1. The van der Waals surface area contributed by atoms with E-state index in [2.05, 4.69) is 15.2 Å². The Labute approximate surface area is 249 Å². The average molecular weight is 606 g/mol. The number of β-amino-alcohol motifs (C(OH)–C–C–N with tert-alkyl or cyclic N) is 1. The number of anilines is 1. The summed E-state index contributed by atoms with van der Waals surface area (Å²) in [6, 6.07) is 16.8. The van der Waals surface area contributed by atoms with Gasteiger partial charge in [-0.1, -0.05) is 35.5 Å². The second kappa shape index (κ2) is 10.6. The van der Waals surface area contributed by atoms with Crippen molar-refractivity contribution in [2.45, 2.75) is 38.6 Å². The molecule has 0 saturated carbocycles. The van der Waals surface area contributed by atoms with Crippen LogP contribution in [-0.2, 0) is 19.1 Å². The smallest absolute Gasteiger partial charge is 0.392 e. The lowest BCUT2D eigenvalue weighted by Crippen LogP contribution is -2.39. The van der Waals surface area contributed by atoms with E-state index in [4.69, 9.17) is 4.52 Å². The molecule has 8 nitrogen and oxygen atoms in total. The van der Waals surface area contributed by atoms with E-state index in [1.165, 1.54) is 23.1 Å². The van der Waals surface area contributed by atoms with Gasteiger partial charge in [-0.15, -0.1) is 0 Å². The maximum Gasteiger partial charge on any atom is 0.435 e. The molecule has 5 aromatic rings. The minimum atomic E-state index is -4.79. The number of alkyl halides is 3. The highest BCUT2D eigenvalue weighted by atomic mass is 19.4. The van der Waals surface area contributed by atoms with Crippen molar-refractivity contribution in [1.82, 2.24) is 19.8 Å². The quantitative estimate of drug-likeness (QED) is 0.251. The third-order valence-corrected chi connectivity index (χ3v) is 8.37. The molecule has 226 valence electrons. The predicted molar refractivity (Wildman–Crippen MR) is 154 cm³/mol. The maximum absolute atomic E-state index is 15.8. The van der Waals surface area contributed by atoms with Crippen molar-refractivity contribution < 1.29 is 32.0 Å². The summed E-state index contributed by atoms with van der Waals surface area (Å²) in [5.74, 6) is -1.45. The molecule has 1 unspecified atom stereocenters. The number of aliphatic hydroxyl groups excluding tert-OH is 1. The summed E-state index contributed by atoms with van der Waals surface area (Å²) in [7, 11) is 0. The summed E-state index contributed by atoms with van der Waals surface area (Å²) in [4.78, 5) is 17.2. The van der Waals surface area contributed by atoms with Crippen LogP contribution in [0.3, 0.4) is 0 Å². The average Bonchev–Trinajstić information content (AvgIpc) is 3.70. The molecule has 0 spiro atoms. The minimum Gasteiger partial charge on any atom is -0.392 e. The molecule has 1 saturated heterocycles. The van der Waals surface area contributed by atoms with E-state index in [1.54, 1.807) is 25.1 Å². The monoisotopic (exact) mass is 605 g/mol. The fraction of sp³-hybridized carbons (Fsp3) is 0.281. The van der Waals surface area contributed by atoms with Crippen molar-refractivity contribution in [3.05, 3.63) is 94.7 Å². The first kappa shape index (κ1) is 28.2. The van der Waals surface area contributed by atoms with Crippen molar-refractivity contribution in [2.24, 2.45) is 0 Å². The highest BCUT2D eigenvalue weighted by Crippen LogP contribution is 2.38. The number of nitrogens with zero attached hydrogens (tertiary/aromatic N) is 5. The lowest BCUT2D eigenvalue weighted by molar-refractivity contribution is -0.141. The zero-order chi connectivity index (χ0) is 30.7. The number of amides is 1. The second-order valence-electron chi connectivity index (χ2n) is 11.2. The van der Waals surface area contributed by atoms with E-state index in [0.717, 1.165) is 22.4 Å². The van der Waals surface area contributed by atoms with Gasteiger partial charge in [0.2, 0.25) is 0 Å². The molecule has 12 heteroatoms. The highest BCUT2D eigenvalue weighted by molar-refractivity contribution is 6.08. The molecule has 2 aliphatic heterocycles. The summed E-state index contributed by atoms with van der Waals surface area (Å²) in [5.41, 5.74) is 1.94. The minimum absolute atomic E-state index is 0.0313. The molecule has 0 bridgehead atoms. The highest BCUT2D eigenvalue weighted by Gasteiger charge is 2.43. The Kier molecular flexibility index (Phi) is 6.78. The number of hydrogen-bond acceptors (Lipinski definition) is 6. The van der Waals surface area contributed by atoms with E-state index >= 15 is 4.39 Å². The number of carbonyl (C=O) groups is 1. The van der Waals surface area contributed by atoms with Crippen LogP contribution in [0.5, 0.6) is 0 Å². The van der Waals surface area contributed by atoms with Gasteiger partial charge >= 0.3 is 6.18 Å². The molecule has 1 amide bonds. The van der Waals surface area contributed by atoms with Crippen molar-refractivity contribution >= 4 is 22.6 Å². The van der Waals surface area contributed by atoms with Gasteiger partial charge in [-0.25, -0.2) is 9.07 Å². The van der Waals surface area contributed by atoms with Gasteiger partial charge in [0.25, 0.3) is 5.91 Å². The predicted octanol–water partition coefficient (Wildman–Crippen LogP) is 5.92. The lowest BCUT2D eigenvalue weighted by atomic mass is 9.98. The number of aliphatic hydroxyl groups is 1. The zero-order valence-electron chi connectivity index (χ0n) is 23.6. The standard InChI is InChI=1S/C32H27F4N5O3/c1-18-25-15-21(7-9-28(25)44-38-18)41-29-24(30(37-41)32(34,35)36)11-13-40(31(29)43)27-8-6-19(14-26(27)33)23-5-3-2-4-20(23)16-39-12-10-22(42)17-39/h2-9,14-15,22,42H,10-13,16-17H2,1H3. The topological polar surface area (TPSA) is 87.6 Å². The van der Waals surface area contributed by atoms with Gasteiger partial charge in [-0.3, -0.25) is 9.69 Å². The Morgan fingerprint density at radius 2 is 1.89 bits per heavy atom. The van der Waals surface area contributed by atoms with E-state index < -0.39 is 23.6 Å². The number of halogens is 4. The van der Waals surface area contributed by atoms with Crippen LogP contribution in [0, 0.1) is 12.7 Å². The molecule has 44 heavy (non-hydrogen) atoms. The largest absolute Gasteiger partial charge is 0.435 e. The fourth-order valence-electron chi connectivity index (χ4n) is 6.21. The summed E-state index contributed by atoms with van der Waals surface area (Å²) < 4.78 is 64.2. The van der Waals surface area contributed by atoms with Crippen molar-refractivity contribution in [3.63, 3.8) is 0 Å². The number of carbonyl (C=O) groups excluding carboxylic acids is 1. The molecular formula is C32H27F4N5O3. The summed E-state index contributed by atoms with van der Waals surface area (Å²) in [5, 5.41) is 18.2. The molecule has 2 aliphatic rings. The van der Waals surface area contributed by atoms with Crippen LogP contribution >= 0.6 is 0 Å². The van der Waals surface area contributed by atoms with Gasteiger partial charge < -0.3 is 14.5 Å². The first-order valence-corrected chi connectivity index (χ1v) is 14.2. The number of aromatic nitrogens is 3. The Morgan fingerprint density at radius 1 is 1.07 bits per heavy atom. The van der Waals surface area contributed by atoms with E-state index in [1.807, 2.05) is 24.3 Å². The molecule has 3 aromatic carbocycles. The summed E-state index contributed by atoms with van der Waals surface area (Å²) >= 11 is 0. The number of benzene rings is 3. The Hall–Kier alpha value is -4.55. The number of rotatable bonds is 5. The molecule has 2 aromatic heterocycles. The van der Waals surface area contributed by atoms with E-state index in [9.17, 15) is 23.1 Å². The van der Waals surface area contributed by atoms with Crippen LogP contribution in [0.4, 0.5) is 23.2 Å². The number of fused-ring (bicyclic) bond motifs is 2. The Bertz CT molecular complexity index is 1910. The van der Waals surface area contributed by atoms with Crippen LogP contribution < -0.4 is 4.90 Å². The molecule has 0 aliphatic carbocycles. The number of hydrogen-bond donors (Lipinski definition) is 1. The van der Waals surface area contributed by atoms with Gasteiger partial charge in [0.1, 0.15) is 11.5 Å². The van der Waals surface area contributed by atoms with Crippen LogP contribution in [0.2, 0.25) is 0 Å². The molecule has 1 N–H and O–H groups in total. The van der Waals surface area contributed by atoms with E-state index in [-0.39, 0.29) is 41.7 Å². The van der Waals surface area contributed by atoms with Crippen LogP contribution in [0.25, 0.3) is 27.8 Å². The summed E-state index contributed by atoms with van der Waals surface area (Å²) in [6.45, 7) is 3.48. The molecular weight excluding hydrogens is 578 g/mol. The van der Waals surface area contributed by atoms with Gasteiger partial charge in [0, 0.05) is 37.1 Å². The third kappa shape index (κ3) is 4.83. The summed E-state index contributed by atoms with van der Waals surface area (Å²) in [6.07, 6.45) is -4.60. The van der Waals surface area contributed by atoms with Crippen molar-refractivity contribution in [1.29, 1.82) is 0 Å². The van der Waals surface area contributed by atoms with Crippen molar-refractivity contribution in [2.75, 3.05) is 24.5 Å². The zero-order valence-corrected chi connectivity index (χ0v) is 23.6. The molecule has 7 rings (SSSR count). The molecule has 0 radical (unpaired) electrons. The Balaban J connectivity index is 1.25. The third-order valence-electron chi connectivity index (χ3n) is 8.37. The maximum atomic E-state index is 15.8. The molecule has 4 heterocycles. The van der Waals surface area contributed by atoms with Crippen molar-refractivity contribution in [3.8, 4) is 16.8 Å².